The van der Waals surface area contributed by atoms with Gasteiger partial charge in [-0.05, 0) is 37.0 Å². The summed E-state index contributed by atoms with van der Waals surface area (Å²) in [6.07, 6.45) is 5.43. The minimum Gasteiger partial charge on any atom is -0.497 e. The van der Waals surface area contributed by atoms with Crippen molar-refractivity contribution in [3.05, 3.63) is 41.2 Å². The summed E-state index contributed by atoms with van der Waals surface area (Å²) in [7, 11) is 1.66. The maximum Gasteiger partial charge on any atom is 0.223 e. The second-order valence-corrected chi connectivity index (χ2v) is 6.63. The van der Waals surface area contributed by atoms with Crippen LogP contribution in [0.5, 0.6) is 5.75 Å². The van der Waals surface area contributed by atoms with E-state index >= 15 is 0 Å². The van der Waals surface area contributed by atoms with E-state index in [-0.39, 0.29) is 17.9 Å². The Morgan fingerprint density at radius 2 is 2.08 bits per heavy atom. The van der Waals surface area contributed by atoms with E-state index in [9.17, 15) is 4.79 Å². The van der Waals surface area contributed by atoms with Crippen LogP contribution in [0.4, 0.5) is 0 Å². The molecule has 134 valence electrons. The van der Waals surface area contributed by atoms with Crippen molar-refractivity contribution in [3.8, 4) is 5.75 Å². The van der Waals surface area contributed by atoms with Crippen molar-refractivity contribution in [2.45, 2.75) is 51.5 Å². The number of rotatable bonds is 7. The molecule has 0 saturated carbocycles. The summed E-state index contributed by atoms with van der Waals surface area (Å²) < 4.78 is 5.23. The molecule has 1 aliphatic carbocycles. The van der Waals surface area contributed by atoms with Crippen molar-refractivity contribution in [1.29, 1.82) is 0 Å². The van der Waals surface area contributed by atoms with Gasteiger partial charge in [-0.2, -0.15) is 15.4 Å². The molecule has 0 bridgehead atoms. The summed E-state index contributed by atoms with van der Waals surface area (Å²) in [6, 6.07) is 8.01. The molecule has 0 fully saturated rings. The number of aromatic amines is 1. The number of H-pyrrole nitrogens is 1. The third kappa shape index (κ3) is 4.18. The van der Waals surface area contributed by atoms with Gasteiger partial charge in [0.2, 0.25) is 5.91 Å². The van der Waals surface area contributed by atoms with Gasteiger partial charge in [-0.3, -0.25) is 4.79 Å². The van der Waals surface area contributed by atoms with Gasteiger partial charge in [-0.1, -0.05) is 31.9 Å². The highest BCUT2D eigenvalue weighted by Crippen LogP contribution is 2.26. The van der Waals surface area contributed by atoms with Crippen LogP contribution in [-0.4, -0.2) is 28.4 Å². The Morgan fingerprint density at radius 3 is 2.80 bits per heavy atom. The molecule has 1 aliphatic rings. The van der Waals surface area contributed by atoms with Crippen LogP contribution in [0, 0.1) is 5.92 Å². The van der Waals surface area contributed by atoms with Gasteiger partial charge in [0.15, 0.2) is 0 Å². The third-order valence-electron chi connectivity index (χ3n) is 4.92. The predicted molar refractivity (Wildman–Crippen MR) is 95.3 cm³/mol. The second kappa shape index (κ2) is 8.14. The van der Waals surface area contributed by atoms with E-state index in [1.54, 1.807) is 7.11 Å². The number of hydrogen-bond donors (Lipinski definition) is 2. The number of ether oxygens (including phenoxy) is 1. The average Bonchev–Trinajstić information content (AvgIpc) is 3.12. The number of carbonyl (C=O) groups excluding carboxylic acids is 1. The van der Waals surface area contributed by atoms with Crippen molar-refractivity contribution in [2.24, 2.45) is 5.92 Å². The number of amides is 1. The van der Waals surface area contributed by atoms with E-state index in [4.69, 9.17) is 4.74 Å². The SMILES string of the molecule is CCCCC(NC(=O)C1CCc2n[nH]nc2C1)c1ccc(OC)cc1. The van der Waals surface area contributed by atoms with E-state index in [0.717, 1.165) is 54.8 Å². The molecule has 0 radical (unpaired) electrons. The molecular formula is C19H26N4O2. The number of aromatic nitrogens is 3. The zero-order valence-electron chi connectivity index (χ0n) is 14.9. The van der Waals surface area contributed by atoms with Crippen molar-refractivity contribution >= 4 is 5.91 Å². The fraction of sp³-hybridized carbons (Fsp3) is 0.526. The zero-order chi connectivity index (χ0) is 17.6. The summed E-state index contributed by atoms with van der Waals surface area (Å²) in [5.74, 6) is 0.917. The van der Waals surface area contributed by atoms with Gasteiger partial charge in [-0.15, -0.1) is 0 Å². The van der Waals surface area contributed by atoms with Gasteiger partial charge in [0.1, 0.15) is 5.75 Å². The first-order chi connectivity index (χ1) is 12.2. The molecule has 3 rings (SSSR count). The largest absolute Gasteiger partial charge is 0.497 e. The van der Waals surface area contributed by atoms with Crippen LogP contribution >= 0.6 is 0 Å². The monoisotopic (exact) mass is 342 g/mol. The number of aryl methyl sites for hydroxylation is 1. The smallest absolute Gasteiger partial charge is 0.223 e. The molecule has 1 aromatic carbocycles. The second-order valence-electron chi connectivity index (χ2n) is 6.63. The van der Waals surface area contributed by atoms with Crippen LogP contribution in [-0.2, 0) is 17.6 Å². The molecule has 2 N–H and O–H groups in total. The molecule has 6 heteroatoms. The maximum atomic E-state index is 12.8. The van der Waals surface area contributed by atoms with E-state index in [1.807, 2.05) is 24.3 Å². The van der Waals surface area contributed by atoms with Gasteiger partial charge >= 0.3 is 0 Å². The fourth-order valence-corrected chi connectivity index (χ4v) is 3.36. The Labute approximate surface area is 148 Å². The number of benzene rings is 1. The Morgan fingerprint density at radius 1 is 1.32 bits per heavy atom. The number of fused-ring (bicyclic) bond motifs is 1. The molecule has 1 amide bonds. The van der Waals surface area contributed by atoms with Gasteiger partial charge in [0, 0.05) is 12.3 Å². The highest BCUT2D eigenvalue weighted by Gasteiger charge is 2.28. The van der Waals surface area contributed by atoms with Gasteiger partial charge in [0.05, 0.1) is 24.5 Å². The van der Waals surface area contributed by atoms with E-state index < -0.39 is 0 Å². The van der Waals surface area contributed by atoms with Crippen LogP contribution in [0.3, 0.4) is 0 Å². The van der Waals surface area contributed by atoms with Gasteiger partial charge in [-0.25, -0.2) is 0 Å². The molecule has 25 heavy (non-hydrogen) atoms. The third-order valence-corrected chi connectivity index (χ3v) is 4.92. The minimum absolute atomic E-state index is 0.0278. The summed E-state index contributed by atoms with van der Waals surface area (Å²) >= 11 is 0. The van der Waals surface area contributed by atoms with Gasteiger partial charge < -0.3 is 10.1 Å². The average molecular weight is 342 g/mol. The number of hydrogen-bond acceptors (Lipinski definition) is 4. The summed E-state index contributed by atoms with van der Waals surface area (Å²) in [5, 5.41) is 14.2. The van der Waals surface area contributed by atoms with Crippen LogP contribution in [0.1, 0.15) is 55.6 Å². The highest BCUT2D eigenvalue weighted by atomic mass is 16.5. The van der Waals surface area contributed by atoms with Crippen LogP contribution in [0.2, 0.25) is 0 Å². The molecule has 2 atom stereocenters. The number of unbranched alkanes of at least 4 members (excludes halogenated alkanes) is 1. The molecule has 6 nitrogen and oxygen atoms in total. The van der Waals surface area contributed by atoms with E-state index in [2.05, 4.69) is 27.7 Å². The van der Waals surface area contributed by atoms with Crippen molar-refractivity contribution < 1.29 is 9.53 Å². The first-order valence-electron chi connectivity index (χ1n) is 9.04. The molecule has 0 spiro atoms. The predicted octanol–water partition coefficient (Wildman–Crippen LogP) is 2.97. The first-order valence-corrected chi connectivity index (χ1v) is 9.04. The lowest BCUT2D eigenvalue weighted by Gasteiger charge is -2.25. The topological polar surface area (TPSA) is 79.9 Å². The highest BCUT2D eigenvalue weighted by molar-refractivity contribution is 5.79. The van der Waals surface area contributed by atoms with Crippen LogP contribution in [0.15, 0.2) is 24.3 Å². The number of nitrogens with one attached hydrogen (secondary N) is 2. The number of carbonyl (C=O) groups is 1. The lowest BCUT2D eigenvalue weighted by Crippen LogP contribution is -2.36. The Balaban J connectivity index is 1.68. The van der Waals surface area contributed by atoms with Gasteiger partial charge in [0.25, 0.3) is 0 Å². The lowest BCUT2D eigenvalue weighted by molar-refractivity contribution is -0.126. The molecule has 0 saturated heterocycles. The van der Waals surface area contributed by atoms with E-state index in [1.165, 1.54) is 0 Å². The molecule has 2 unspecified atom stereocenters. The quantitative estimate of drug-likeness (QED) is 0.811. The van der Waals surface area contributed by atoms with Crippen molar-refractivity contribution in [1.82, 2.24) is 20.7 Å². The minimum atomic E-state index is -0.0278. The molecular weight excluding hydrogens is 316 g/mol. The van der Waals surface area contributed by atoms with Crippen LogP contribution < -0.4 is 10.1 Å². The summed E-state index contributed by atoms with van der Waals surface area (Å²) in [6.45, 7) is 2.17. The Kier molecular flexibility index (Phi) is 5.68. The normalized spacial score (nSPS) is 17.6. The maximum absolute atomic E-state index is 12.8. The molecule has 0 aliphatic heterocycles. The molecule has 1 aromatic heterocycles. The fourth-order valence-electron chi connectivity index (χ4n) is 3.36. The number of nitrogens with zero attached hydrogens (tertiary/aromatic N) is 2. The molecule has 2 aromatic rings. The summed E-state index contributed by atoms with van der Waals surface area (Å²) in [5.41, 5.74) is 3.06. The Bertz CT molecular complexity index is 696. The van der Waals surface area contributed by atoms with Crippen LogP contribution in [0.25, 0.3) is 0 Å². The first kappa shape index (κ1) is 17.5. The Hall–Kier alpha value is -2.37. The summed E-state index contributed by atoms with van der Waals surface area (Å²) in [4.78, 5) is 12.8. The molecule has 1 heterocycles. The van der Waals surface area contributed by atoms with Crippen molar-refractivity contribution in [2.75, 3.05) is 7.11 Å². The van der Waals surface area contributed by atoms with E-state index in [0.29, 0.717) is 6.42 Å². The standard InChI is InChI=1S/C19H26N4O2/c1-3-4-5-16(13-6-9-15(25-2)10-7-13)20-19(24)14-8-11-17-18(12-14)22-23-21-17/h6-7,9-10,14,16H,3-5,8,11-12H2,1-2H3,(H,20,24)(H,21,22,23). The zero-order valence-corrected chi connectivity index (χ0v) is 14.9. The van der Waals surface area contributed by atoms with Crippen molar-refractivity contribution in [3.63, 3.8) is 0 Å². The number of methoxy groups -OCH3 is 1. The lowest BCUT2D eigenvalue weighted by atomic mass is 9.88.